The molecule has 5 rings (SSSR count). The molecule has 1 amide bonds. The van der Waals surface area contributed by atoms with Gasteiger partial charge in [0, 0.05) is 24.8 Å². The number of benzene rings is 2. The van der Waals surface area contributed by atoms with Crippen LogP contribution in [0.4, 0.5) is 0 Å². The van der Waals surface area contributed by atoms with E-state index < -0.39 is 0 Å². The average molecular weight is 433 g/mol. The fourth-order valence-corrected chi connectivity index (χ4v) is 3.64. The second kappa shape index (κ2) is 8.67. The molecule has 31 heavy (non-hydrogen) atoms. The van der Waals surface area contributed by atoms with Crippen LogP contribution >= 0.6 is 12.4 Å². The van der Waals surface area contributed by atoms with Crippen LogP contribution in [0.3, 0.4) is 0 Å². The zero-order valence-corrected chi connectivity index (χ0v) is 17.5. The summed E-state index contributed by atoms with van der Waals surface area (Å²) in [6.45, 7) is 1.75. The molecule has 0 aliphatic carbocycles. The van der Waals surface area contributed by atoms with E-state index in [1.54, 1.807) is 16.9 Å². The van der Waals surface area contributed by atoms with Crippen molar-refractivity contribution in [2.75, 3.05) is 6.54 Å². The topological polar surface area (TPSA) is 98.7 Å². The SMILES string of the molecule is Cl.NCc1ccc(-c2ccccc2-c2nccc(-c3cc4n(n3)CCNC4=O)n2)cc1. The Bertz CT molecular complexity index is 1240. The van der Waals surface area contributed by atoms with Crippen molar-refractivity contribution in [2.45, 2.75) is 13.1 Å². The van der Waals surface area contributed by atoms with Gasteiger partial charge in [0.2, 0.25) is 0 Å². The molecule has 1 aliphatic rings. The van der Waals surface area contributed by atoms with E-state index in [-0.39, 0.29) is 18.3 Å². The second-order valence-electron chi connectivity index (χ2n) is 7.11. The normalized spacial score (nSPS) is 12.6. The Labute approximate surface area is 185 Å². The Balaban J connectivity index is 0.00000231. The van der Waals surface area contributed by atoms with Crippen LogP contribution in [0.25, 0.3) is 33.9 Å². The summed E-state index contributed by atoms with van der Waals surface area (Å²) in [6, 6.07) is 19.8. The van der Waals surface area contributed by atoms with Gasteiger partial charge in [-0.05, 0) is 28.8 Å². The zero-order chi connectivity index (χ0) is 20.5. The zero-order valence-electron chi connectivity index (χ0n) is 16.7. The first-order valence-electron chi connectivity index (χ1n) is 9.81. The number of nitrogens with one attached hydrogen (secondary N) is 1. The first-order chi connectivity index (χ1) is 14.7. The van der Waals surface area contributed by atoms with Gasteiger partial charge in [-0.15, -0.1) is 12.4 Å². The molecule has 8 heteroatoms. The summed E-state index contributed by atoms with van der Waals surface area (Å²) in [7, 11) is 0. The van der Waals surface area contributed by atoms with Crippen LogP contribution < -0.4 is 11.1 Å². The van der Waals surface area contributed by atoms with Crippen LogP contribution in [0, 0.1) is 0 Å². The number of nitrogens with two attached hydrogens (primary N) is 1. The molecule has 0 radical (unpaired) electrons. The predicted octanol–water partition coefficient (Wildman–Crippen LogP) is 3.30. The van der Waals surface area contributed by atoms with E-state index in [9.17, 15) is 4.79 Å². The average Bonchev–Trinajstić information content (AvgIpc) is 3.25. The van der Waals surface area contributed by atoms with Crippen molar-refractivity contribution in [3.8, 4) is 33.9 Å². The van der Waals surface area contributed by atoms with Gasteiger partial charge in [0.25, 0.3) is 5.91 Å². The summed E-state index contributed by atoms with van der Waals surface area (Å²) in [4.78, 5) is 21.3. The van der Waals surface area contributed by atoms with Gasteiger partial charge in [-0.2, -0.15) is 5.10 Å². The highest BCUT2D eigenvalue weighted by atomic mass is 35.5. The second-order valence-corrected chi connectivity index (χ2v) is 7.11. The minimum atomic E-state index is -0.111. The highest BCUT2D eigenvalue weighted by Gasteiger charge is 2.20. The van der Waals surface area contributed by atoms with Crippen molar-refractivity contribution in [2.24, 2.45) is 5.73 Å². The maximum atomic E-state index is 12.1. The summed E-state index contributed by atoms with van der Waals surface area (Å²) in [5.74, 6) is 0.502. The quantitative estimate of drug-likeness (QED) is 0.515. The maximum Gasteiger partial charge on any atom is 0.269 e. The van der Waals surface area contributed by atoms with Gasteiger partial charge < -0.3 is 11.1 Å². The molecule has 0 saturated heterocycles. The monoisotopic (exact) mass is 432 g/mol. The summed E-state index contributed by atoms with van der Waals surface area (Å²) in [6.07, 6.45) is 1.73. The Morgan fingerprint density at radius 1 is 1.00 bits per heavy atom. The Kier molecular flexibility index (Phi) is 5.79. The minimum Gasteiger partial charge on any atom is -0.349 e. The molecule has 0 spiro atoms. The molecule has 0 atom stereocenters. The molecular formula is C23H21ClN6O. The lowest BCUT2D eigenvalue weighted by Gasteiger charge is -2.13. The van der Waals surface area contributed by atoms with Gasteiger partial charge in [-0.25, -0.2) is 9.97 Å². The van der Waals surface area contributed by atoms with Crippen molar-refractivity contribution in [1.29, 1.82) is 0 Å². The highest BCUT2D eigenvalue weighted by molar-refractivity contribution is 5.94. The predicted molar refractivity (Wildman–Crippen MR) is 122 cm³/mol. The Morgan fingerprint density at radius 2 is 1.77 bits per heavy atom. The molecule has 0 bridgehead atoms. The van der Waals surface area contributed by atoms with Crippen LogP contribution in [-0.2, 0) is 13.1 Å². The summed E-state index contributed by atoms with van der Waals surface area (Å²) in [5.41, 5.74) is 11.8. The van der Waals surface area contributed by atoms with E-state index in [1.165, 1.54) is 0 Å². The van der Waals surface area contributed by atoms with Crippen LogP contribution in [0.15, 0.2) is 66.9 Å². The minimum absolute atomic E-state index is 0. The molecule has 4 aromatic rings. The largest absolute Gasteiger partial charge is 0.349 e. The number of fused-ring (bicyclic) bond motifs is 1. The van der Waals surface area contributed by atoms with Gasteiger partial charge in [0.05, 0.1) is 12.2 Å². The van der Waals surface area contributed by atoms with Gasteiger partial charge in [-0.1, -0.05) is 48.5 Å². The van der Waals surface area contributed by atoms with Crippen molar-refractivity contribution >= 4 is 18.3 Å². The molecule has 0 fully saturated rings. The molecule has 1 aliphatic heterocycles. The van der Waals surface area contributed by atoms with E-state index in [1.807, 2.05) is 36.4 Å². The van der Waals surface area contributed by atoms with Crippen LogP contribution in [0.5, 0.6) is 0 Å². The van der Waals surface area contributed by atoms with E-state index in [0.29, 0.717) is 42.5 Å². The third-order valence-electron chi connectivity index (χ3n) is 5.21. The summed E-state index contributed by atoms with van der Waals surface area (Å²) >= 11 is 0. The standard InChI is InChI=1S/C23H20N6O.ClH/c24-14-15-5-7-16(8-6-15)17-3-1-2-4-18(17)22-25-10-9-19(27-22)20-13-21-23(30)26-11-12-29(21)28-20;/h1-10,13H,11-12,14,24H2,(H,26,30);1H. The van der Waals surface area contributed by atoms with Crippen LogP contribution in [0.1, 0.15) is 16.1 Å². The lowest BCUT2D eigenvalue weighted by molar-refractivity contribution is 0.0924. The summed E-state index contributed by atoms with van der Waals surface area (Å²) in [5, 5.41) is 7.39. The van der Waals surface area contributed by atoms with Crippen molar-refractivity contribution in [3.05, 3.63) is 78.1 Å². The van der Waals surface area contributed by atoms with E-state index in [4.69, 9.17) is 10.7 Å². The fourth-order valence-electron chi connectivity index (χ4n) is 3.64. The molecule has 3 heterocycles. The molecule has 3 N–H and O–H groups in total. The van der Waals surface area contributed by atoms with Gasteiger partial charge in [0.1, 0.15) is 11.4 Å². The number of halogens is 1. The number of amides is 1. The van der Waals surface area contributed by atoms with Crippen molar-refractivity contribution in [3.63, 3.8) is 0 Å². The van der Waals surface area contributed by atoms with Gasteiger partial charge in [0.15, 0.2) is 5.82 Å². The Hall–Kier alpha value is -3.55. The molecule has 156 valence electrons. The number of hydrogen-bond donors (Lipinski definition) is 2. The lowest BCUT2D eigenvalue weighted by atomic mass is 9.98. The Morgan fingerprint density at radius 3 is 2.52 bits per heavy atom. The number of carbonyl (C=O) groups excluding carboxylic acids is 1. The van der Waals surface area contributed by atoms with Crippen molar-refractivity contribution in [1.82, 2.24) is 25.1 Å². The molecule has 2 aromatic heterocycles. The third-order valence-corrected chi connectivity index (χ3v) is 5.21. The van der Waals surface area contributed by atoms with Crippen LogP contribution in [0.2, 0.25) is 0 Å². The van der Waals surface area contributed by atoms with E-state index >= 15 is 0 Å². The maximum absolute atomic E-state index is 12.1. The van der Waals surface area contributed by atoms with Gasteiger partial charge >= 0.3 is 0 Å². The number of rotatable bonds is 4. The number of aromatic nitrogens is 4. The third kappa shape index (κ3) is 3.93. The van der Waals surface area contributed by atoms with E-state index in [0.717, 1.165) is 22.3 Å². The van der Waals surface area contributed by atoms with Gasteiger partial charge in [-0.3, -0.25) is 9.48 Å². The molecular weight excluding hydrogens is 412 g/mol. The smallest absolute Gasteiger partial charge is 0.269 e. The van der Waals surface area contributed by atoms with Crippen molar-refractivity contribution < 1.29 is 4.79 Å². The molecule has 0 saturated carbocycles. The molecule has 2 aromatic carbocycles. The number of carbonyl (C=O) groups is 1. The molecule has 7 nitrogen and oxygen atoms in total. The highest BCUT2D eigenvalue weighted by Crippen LogP contribution is 2.31. The first kappa shape index (κ1) is 20.7. The number of nitrogens with zero attached hydrogens (tertiary/aromatic N) is 4. The summed E-state index contributed by atoms with van der Waals surface area (Å²) < 4.78 is 1.73. The first-order valence-corrected chi connectivity index (χ1v) is 9.81. The van der Waals surface area contributed by atoms with E-state index in [2.05, 4.69) is 33.6 Å². The van der Waals surface area contributed by atoms with Crippen LogP contribution in [-0.4, -0.2) is 32.2 Å². The fraction of sp³-hybridized carbons (Fsp3) is 0.130. The molecule has 0 unspecified atom stereocenters. The lowest BCUT2D eigenvalue weighted by Crippen LogP contribution is -2.35. The number of hydrogen-bond acceptors (Lipinski definition) is 5.